The summed E-state index contributed by atoms with van der Waals surface area (Å²) in [5.74, 6) is 0.473. The van der Waals surface area contributed by atoms with E-state index in [0.717, 1.165) is 22.2 Å². The molecule has 4 heterocycles. The summed E-state index contributed by atoms with van der Waals surface area (Å²) >= 11 is 0. The number of rotatable bonds is 5. The first-order valence-electron chi connectivity index (χ1n) is 10.6. The number of anilines is 1. The molecule has 0 saturated heterocycles. The summed E-state index contributed by atoms with van der Waals surface area (Å²) in [4.78, 5) is 16.6. The monoisotopic (exact) mass is 447 g/mol. The number of pyridine rings is 1. The molecule has 0 aliphatic heterocycles. The summed E-state index contributed by atoms with van der Waals surface area (Å²) in [7, 11) is 0. The van der Waals surface area contributed by atoms with Crippen LogP contribution in [0.2, 0.25) is 0 Å². The van der Waals surface area contributed by atoms with Crippen molar-refractivity contribution in [2.75, 3.05) is 5.32 Å². The SMILES string of the molecule is O=C(Cc1noc2ccccc12)Nc1ccc(-c2ccc3nnc(-c4ccncc4)n3n2)cc1. The topological polar surface area (TPSA) is 111 Å². The van der Waals surface area contributed by atoms with Crippen LogP contribution >= 0.6 is 0 Å². The average Bonchev–Trinajstić information content (AvgIpc) is 3.49. The van der Waals surface area contributed by atoms with Gasteiger partial charge in [0, 0.05) is 34.6 Å². The van der Waals surface area contributed by atoms with Crippen molar-refractivity contribution in [3.05, 3.63) is 90.9 Å². The van der Waals surface area contributed by atoms with Crippen LogP contribution < -0.4 is 5.32 Å². The number of nitrogens with one attached hydrogen (secondary N) is 1. The summed E-state index contributed by atoms with van der Waals surface area (Å²) in [6.45, 7) is 0. The third-order valence-corrected chi connectivity index (χ3v) is 5.45. The lowest BCUT2D eigenvalue weighted by molar-refractivity contribution is -0.115. The van der Waals surface area contributed by atoms with E-state index in [1.165, 1.54) is 0 Å². The number of para-hydroxylation sites is 1. The Morgan fingerprint density at radius 1 is 0.882 bits per heavy atom. The van der Waals surface area contributed by atoms with Crippen LogP contribution in [-0.4, -0.2) is 35.9 Å². The smallest absolute Gasteiger partial charge is 0.230 e. The van der Waals surface area contributed by atoms with Crippen LogP contribution in [0, 0.1) is 0 Å². The fraction of sp³-hybridized carbons (Fsp3) is 0.0400. The summed E-state index contributed by atoms with van der Waals surface area (Å²) in [5.41, 5.74) is 5.15. The number of benzene rings is 2. The lowest BCUT2D eigenvalue weighted by Crippen LogP contribution is -2.14. The molecule has 0 unspecified atom stereocenters. The minimum atomic E-state index is -0.169. The molecule has 0 spiro atoms. The van der Waals surface area contributed by atoms with E-state index in [1.807, 2.05) is 72.8 Å². The number of amides is 1. The highest BCUT2D eigenvalue weighted by Gasteiger charge is 2.13. The Morgan fingerprint density at radius 3 is 2.56 bits per heavy atom. The fourth-order valence-electron chi connectivity index (χ4n) is 3.77. The van der Waals surface area contributed by atoms with E-state index in [0.29, 0.717) is 28.4 Å². The highest BCUT2D eigenvalue weighted by Crippen LogP contribution is 2.23. The van der Waals surface area contributed by atoms with Gasteiger partial charge in [-0.2, -0.15) is 9.61 Å². The van der Waals surface area contributed by atoms with Gasteiger partial charge in [0.2, 0.25) is 5.91 Å². The first kappa shape index (κ1) is 19.7. The molecule has 0 fully saturated rings. The van der Waals surface area contributed by atoms with E-state index in [9.17, 15) is 4.79 Å². The molecule has 0 aliphatic rings. The standard InChI is InChI=1S/C25H17N7O2/c33-24(15-21-19-3-1-2-4-22(19)34-31-21)27-18-7-5-16(6-8-18)20-9-10-23-28-29-25(32(23)30-20)17-11-13-26-14-12-17/h1-14H,15H2,(H,27,33). The molecule has 1 amide bonds. The van der Waals surface area contributed by atoms with Crippen LogP contribution in [0.3, 0.4) is 0 Å². The van der Waals surface area contributed by atoms with Gasteiger partial charge in [0.1, 0.15) is 5.69 Å². The number of hydrogen-bond acceptors (Lipinski definition) is 7. The third kappa shape index (κ3) is 3.65. The van der Waals surface area contributed by atoms with Crippen molar-refractivity contribution in [1.82, 2.24) is 30.0 Å². The molecule has 6 aromatic rings. The van der Waals surface area contributed by atoms with Gasteiger partial charge in [0.15, 0.2) is 17.1 Å². The van der Waals surface area contributed by atoms with Gasteiger partial charge in [-0.1, -0.05) is 29.4 Å². The minimum absolute atomic E-state index is 0.127. The van der Waals surface area contributed by atoms with Crippen molar-refractivity contribution >= 4 is 28.2 Å². The Balaban J connectivity index is 1.21. The Morgan fingerprint density at radius 2 is 1.71 bits per heavy atom. The Bertz CT molecular complexity index is 1620. The summed E-state index contributed by atoms with van der Waals surface area (Å²) in [6.07, 6.45) is 3.54. The quantitative estimate of drug-likeness (QED) is 0.422. The molecular weight excluding hydrogens is 430 g/mol. The largest absolute Gasteiger partial charge is 0.356 e. The average molecular weight is 447 g/mol. The zero-order valence-electron chi connectivity index (χ0n) is 17.8. The summed E-state index contributed by atoms with van der Waals surface area (Å²) in [5, 5.41) is 20.9. The molecule has 4 aromatic heterocycles. The molecule has 1 N–H and O–H groups in total. The van der Waals surface area contributed by atoms with E-state index in [-0.39, 0.29) is 12.3 Å². The number of aromatic nitrogens is 6. The van der Waals surface area contributed by atoms with Crippen LogP contribution in [0.15, 0.2) is 89.7 Å². The van der Waals surface area contributed by atoms with Gasteiger partial charge in [0.25, 0.3) is 0 Å². The maximum atomic E-state index is 12.5. The second-order valence-electron chi connectivity index (χ2n) is 7.68. The number of carbonyl (C=O) groups is 1. The predicted molar refractivity (Wildman–Crippen MR) is 126 cm³/mol. The van der Waals surface area contributed by atoms with Crippen molar-refractivity contribution in [3.63, 3.8) is 0 Å². The lowest BCUT2D eigenvalue weighted by Gasteiger charge is -2.07. The van der Waals surface area contributed by atoms with Crippen molar-refractivity contribution in [2.45, 2.75) is 6.42 Å². The maximum Gasteiger partial charge on any atom is 0.230 e. The van der Waals surface area contributed by atoms with Gasteiger partial charge in [-0.3, -0.25) is 9.78 Å². The molecule has 0 saturated carbocycles. The first-order chi connectivity index (χ1) is 16.7. The van der Waals surface area contributed by atoms with Crippen molar-refractivity contribution < 1.29 is 9.32 Å². The normalized spacial score (nSPS) is 11.2. The van der Waals surface area contributed by atoms with E-state index in [1.54, 1.807) is 16.9 Å². The molecule has 0 aliphatic carbocycles. The van der Waals surface area contributed by atoms with Crippen LogP contribution in [-0.2, 0) is 11.2 Å². The number of fused-ring (bicyclic) bond motifs is 2. The minimum Gasteiger partial charge on any atom is -0.356 e. The molecular formula is C25H17N7O2. The molecule has 2 aromatic carbocycles. The highest BCUT2D eigenvalue weighted by molar-refractivity contribution is 5.94. The third-order valence-electron chi connectivity index (χ3n) is 5.45. The van der Waals surface area contributed by atoms with Crippen molar-refractivity contribution in [1.29, 1.82) is 0 Å². The molecule has 9 heteroatoms. The number of nitrogens with zero attached hydrogens (tertiary/aromatic N) is 6. The van der Waals surface area contributed by atoms with Gasteiger partial charge in [-0.25, -0.2) is 0 Å². The summed E-state index contributed by atoms with van der Waals surface area (Å²) in [6, 6.07) is 22.5. The Labute approximate surface area is 193 Å². The molecule has 164 valence electrons. The molecule has 9 nitrogen and oxygen atoms in total. The van der Waals surface area contributed by atoms with Crippen LogP contribution in [0.5, 0.6) is 0 Å². The van der Waals surface area contributed by atoms with Crippen LogP contribution in [0.4, 0.5) is 5.69 Å². The van der Waals surface area contributed by atoms with E-state index < -0.39 is 0 Å². The lowest BCUT2D eigenvalue weighted by atomic mass is 10.1. The molecule has 34 heavy (non-hydrogen) atoms. The first-order valence-corrected chi connectivity index (χ1v) is 10.6. The molecule has 0 bridgehead atoms. The fourth-order valence-corrected chi connectivity index (χ4v) is 3.77. The predicted octanol–water partition coefficient (Wildman–Crippen LogP) is 4.18. The second kappa shape index (κ2) is 8.21. The Hall–Kier alpha value is -4.92. The highest BCUT2D eigenvalue weighted by atomic mass is 16.5. The zero-order chi connectivity index (χ0) is 22.9. The Kier molecular flexibility index (Phi) is 4.77. The maximum absolute atomic E-state index is 12.5. The van der Waals surface area contributed by atoms with E-state index in [4.69, 9.17) is 9.62 Å². The van der Waals surface area contributed by atoms with Gasteiger partial charge < -0.3 is 9.84 Å². The van der Waals surface area contributed by atoms with Gasteiger partial charge in [-0.05, 0) is 48.5 Å². The van der Waals surface area contributed by atoms with E-state index in [2.05, 4.69) is 25.7 Å². The van der Waals surface area contributed by atoms with Crippen LogP contribution in [0.1, 0.15) is 5.69 Å². The van der Waals surface area contributed by atoms with Crippen molar-refractivity contribution in [2.24, 2.45) is 0 Å². The number of carbonyl (C=O) groups excluding carboxylic acids is 1. The number of hydrogen-bond donors (Lipinski definition) is 1. The zero-order valence-corrected chi connectivity index (χ0v) is 17.8. The molecule has 6 rings (SSSR count). The second-order valence-corrected chi connectivity index (χ2v) is 7.68. The molecule has 0 radical (unpaired) electrons. The van der Waals surface area contributed by atoms with Gasteiger partial charge >= 0.3 is 0 Å². The van der Waals surface area contributed by atoms with E-state index >= 15 is 0 Å². The van der Waals surface area contributed by atoms with Crippen molar-refractivity contribution in [3.8, 4) is 22.6 Å². The van der Waals surface area contributed by atoms with Gasteiger partial charge in [0.05, 0.1) is 12.1 Å². The summed E-state index contributed by atoms with van der Waals surface area (Å²) < 4.78 is 6.99. The molecule has 0 atom stereocenters. The van der Waals surface area contributed by atoms with Crippen LogP contribution in [0.25, 0.3) is 39.3 Å². The van der Waals surface area contributed by atoms with Gasteiger partial charge in [-0.15, -0.1) is 10.2 Å².